The molecule has 2 saturated heterocycles. The predicted octanol–water partition coefficient (Wildman–Crippen LogP) is 0.571. The van der Waals surface area contributed by atoms with E-state index in [9.17, 15) is 8.42 Å². The first-order valence-electron chi connectivity index (χ1n) is 4.98. The molecule has 3 nitrogen and oxygen atoms in total. The van der Waals surface area contributed by atoms with E-state index in [1.807, 2.05) is 0 Å². The van der Waals surface area contributed by atoms with Gasteiger partial charge in [-0.2, -0.15) is 4.31 Å². The third-order valence-corrected chi connectivity index (χ3v) is 7.62. The van der Waals surface area contributed by atoms with E-state index in [1.165, 1.54) is 0 Å². The first-order valence-corrected chi connectivity index (χ1v) is 6.48. The van der Waals surface area contributed by atoms with Crippen LogP contribution < -0.4 is 0 Å². The highest BCUT2D eigenvalue weighted by molar-refractivity contribution is 7.91. The highest BCUT2D eigenvalue weighted by Crippen LogP contribution is 2.80. The van der Waals surface area contributed by atoms with E-state index in [0.29, 0.717) is 17.4 Å². The number of fused-ring (bicyclic) bond motifs is 2. The maximum absolute atomic E-state index is 11.7. The summed E-state index contributed by atoms with van der Waals surface area (Å²) in [5.74, 6) is 0.584. The fourth-order valence-electron chi connectivity index (χ4n) is 4.50. The third-order valence-electron chi connectivity index (χ3n) is 5.21. The number of hydrogen-bond donors (Lipinski definition) is 0. The topological polar surface area (TPSA) is 37.1 Å². The summed E-state index contributed by atoms with van der Waals surface area (Å²) in [5, 5.41) is 0.00574. The van der Waals surface area contributed by atoms with Crippen molar-refractivity contribution in [1.82, 2.24) is 4.31 Å². The largest absolute Gasteiger partial charge is 0.219 e. The van der Waals surface area contributed by atoms with Gasteiger partial charge in [0.15, 0.2) is 0 Å². The van der Waals surface area contributed by atoms with Gasteiger partial charge in [-0.05, 0) is 24.2 Å². The third kappa shape index (κ3) is 0.418. The van der Waals surface area contributed by atoms with Crippen molar-refractivity contribution in [2.75, 3.05) is 0 Å². The first-order chi connectivity index (χ1) is 5.94. The monoisotopic (exact) mass is 199 g/mol. The van der Waals surface area contributed by atoms with E-state index in [1.54, 1.807) is 4.31 Å². The van der Waals surface area contributed by atoms with Crippen LogP contribution in [-0.2, 0) is 10.0 Å². The second-order valence-electron chi connectivity index (χ2n) is 5.59. The van der Waals surface area contributed by atoms with Gasteiger partial charge in [0.1, 0.15) is 0 Å². The highest BCUT2D eigenvalue weighted by atomic mass is 32.2. The lowest BCUT2D eigenvalue weighted by atomic mass is 9.77. The van der Waals surface area contributed by atoms with Gasteiger partial charge >= 0.3 is 0 Å². The van der Waals surface area contributed by atoms with Gasteiger partial charge in [-0.3, -0.25) is 0 Å². The van der Waals surface area contributed by atoms with Crippen LogP contribution in [0.2, 0.25) is 0 Å². The Hall–Kier alpha value is -0.0900. The SMILES string of the molecule is CC1C2N3C24CC1(C)CC4S3(=O)=O. The van der Waals surface area contributed by atoms with Crippen molar-refractivity contribution in [1.29, 1.82) is 0 Å². The van der Waals surface area contributed by atoms with Crippen LogP contribution >= 0.6 is 0 Å². The zero-order valence-corrected chi connectivity index (χ0v) is 8.63. The van der Waals surface area contributed by atoms with E-state index in [-0.39, 0.29) is 10.8 Å². The number of rotatable bonds is 0. The van der Waals surface area contributed by atoms with Crippen LogP contribution in [0.5, 0.6) is 0 Å². The Balaban J connectivity index is 1.98. The summed E-state index contributed by atoms with van der Waals surface area (Å²) in [4.78, 5) is 0. The molecule has 2 aliphatic heterocycles. The van der Waals surface area contributed by atoms with Crippen molar-refractivity contribution in [3.05, 3.63) is 0 Å². The molecule has 0 radical (unpaired) electrons. The molecule has 0 aromatic carbocycles. The molecule has 2 aliphatic carbocycles. The van der Waals surface area contributed by atoms with Crippen LogP contribution in [0, 0.1) is 11.3 Å². The summed E-state index contributed by atoms with van der Waals surface area (Å²) >= 11 is 0. The first kappa shape index (κ1) is 7.23. The normalized spacial score (nSPS) is 74.6. The zero-order valence-electron chi connectivity index (χ0n) is 7.82. The maximum Gasteiger partial charge on any atom is 0.219 e. The molecule has 4 rings (SSSR count). The molecule has 1 spiro atoms. The quantitative estimate of drug-likeness (QED) is 0.535. The van der Waals surface area contributed by atoms with E-state index in [0.717, 1.165) is 12.8 Å². The lowest BCUT2D eigenvalue weighted by Crippen LogP contribution is -2.50. The number of nitrogens with zero attached hydrogens (tertiary/aromatic N) is 1. The molecule has 2 heterocycles. The minimum absolute atomic E-state index is 0.00574. The van der Waals surface area contributed by atoms with Gasteiger partial charge in [-0.1, -0.05) is 13.8 Å². The van der Waals surface area contributed by atoms with Crippen LogP contribution in [0.3, 0.4) is 0 Å². The average Bonchev–Trinajstić information content (AvgIpc) is 2.48. The minimum atomic E-state index is -2.82. The second-order valence-corrected chi connectivity index (χ2v) is 7.58. The molecule has 2 saturated carbocycles. The molecule has 0 aromatic rings. The Bertz CT molecular complexity index is 431. The molecule has 0 N–H and O–H groups in total. The molecule has 6 unspecified atom stereocenters. The molecule has 0 aromatic heterocycles. The van der Waals surface area contributed by atoms with Crippen molar-refractivity contribution >= 4 is 10.0 Å². The fraction of sp³-hybridized carbons (Fsp3) is 1.00. The standard InChI is InChI=1S/C9H13NO2S/c1-5-7-9-4-8(5,2)3-6(9)13(11,12)10(7)9/h5-7H,3-4H2,1-2H3. The molecule has 4 fully saturated rings. The minimum Gasteiger partial charge on any atom is -0.212 e. The molecule has 0 amide bonds. The van der Waals surface area contributed by atoms with Gasteiger partial charge in [0.25, 0.3) is 0 Å². The Morgan fingerprint density at radius 3 is 2.77 bits per heavy atom. The van der Waals surface area contributed by atoms with Crippen molar-refractivity contribution in [2.24, 2.45) is 11.3 Å². The van der Waals surface area contributed by atoms with Crippen LogP contribution in [-0.4, -0.2) is 29.6 Å². The second kappa shape index (κ2) is 1.39. The van der Waals surface area contributed by atoms with E-state index >= 15 is 0 Å². The lowest BCUT2D eigenvalue weighted by molar-refractivity contribution is 0.219. The Morgan fingerprint density at radius 1 is 1.46 bits per heavy atom. The molecular formula is C9H13NO2S. The summed E-state index contributed by atoms with van der Waals surface area (Å²) in [6.45, 7) is 4.49. The molecule has 4 heteroatoms. The molecular weight excluding hydrogens is 186 g/mol. The van der Waals surface area contributed by atoms with E-state index < -0.39 is 10.0 Å². The number of sulfonamides is 1. The summed E-state index contributed by atoms with van der Waals surface area (Å²) in [6, 6.07) is 0.390. The Morgan fingerprint density at radius 2 is 2.15 bits per heavy atom. The number of piperidine rings is 1. The van der Waals surface area contributed by atoms with Gasteiger partial charge in [-0.25, -0.2) is 8.42 Å². The average molecular weight is 199 g/mol. The van der Waals surface area contributed by atoms with Crippen molar-refractivity contribution in [3.63, 3.8) is 0 Å². The molecule has 13 heavy (non-hydrogen) atoms. The molecule has 2 bridgehead atoms. The van der Waals surface area contributed by atoms with Crippen molar-refractivity contribution in [3.8, 4) is 0 Å². The Kier molecular flexibility index (Phi) is 0.775. The zero-order chi connectivity index (χ0) is 9.22. The van der Waals surface area contributed by atoms with Crippen LogP contribution in [0.1, 0.15) is 26.7 Å². The van der Waals surface area contributed by atoms with Gasteiger partial charge in [0.05, 0.1) is 10.8 Å². The smallest absolute Gasteiger partial charge is 0.212 e. The van der Waals surface area contributed by atoms with Crippen molar-refractivity contribution in [2.45, 2.75) is 43.5 Å². The van der Waals surface area contributed by atoms with Crippen molar-refractivity contribution < 1.29 is 8.42 Å². The predicted molar refractivity (Wildman–Crippen MR) is 47.6 cm³/mol. The van der Waals surface area contributed by atoms with Gasteiger partial charge < -0.3 is 0 Å². The van der Waals surface area contributed by atoms with Crippen LogP contribution in [0.25, 0.3) is 0 Å². The van der Waals surface area contributed by atoms with Gasteiger partial charge in [-0.15, -0.1) is 0 Å². The summed E-state index contributed by atoms with van der Waals surface area (Å²) < 4.78 is 25.2. The highest BCUT2D eigenvalue weighted by Gasteiger charge is 2.93. The maximum atomic E-state index is 11.7. The summed E-state index contributed by atoms with van der Waals surface area (Å²) in [5.41, 5.74) is 0.475. The lowest BCUT2D eigenvalue weighted by Gasteiger charge is -2.30. The fourth-order valence-corrected chi connectivity index (χ4v) is 7.47. The molecule has 4 aliphatic rings. The van der Waals surface area contributed by atoms with E-state index in [2.05, 4.69) is 13.8 Å². The Labute approximate surface area is 78.2 Å². The molecule has 6 atom stereocenters. The van der Waals surface area contributed by atoms with Gasteiger partial charge in [0, 0.05) is 6.04 Å². The van der Waals surface area contributed by atoms with E-state index in [4.69, 9.17) is 0 Å². The van der Waals surface area contributed by atoms with Crippen LogP contribution in [0.4, 0.5) is 0 Å². The summed E-state index contributed by atoms with van der Waals surface area (Å²) in [6.07, 6.45) is 2.05. The number of hydrogen-bond acceptors (Lipinski definition) is 2. The van der Waals surface area contributed by atoms with Gasteiger partial charge in [0.2, 0.25) is 10.0 Å². The summed E-state index contributed by atoms with van der Waals surface area (Å²) in [7, 11) is -2.82. The molecule has 72 valence electrons. The van der Waals surface area contributed by atoms with Crippen LogP contribution in [0.15, 0.2) is 0 Å².